The molecule has 4 nitrogen and oxygen atoms in total. The summed E-state index contributed by atoms with van der Waals surface area (Å²) >= 11 is 0. The van der Waals surface area contributed by atoms with Crippen molar-refractivity contribution in [2.45, 2.75) is 26.0 Å². The van der Waals surface area contributed by atoms with Gasteiger partial charge in [0.15, 0.2) is 0 Å². The zero-order valence-electron chi connectivity index (χ0n) is 12.4. The summed E-state index contributed by atoms with van der Waals surface area (Å²) in [6, 6.07) is 8.78. The first-order valence-electron chi connectivity index (χ1n) is 7.52. The molecule has 3 rings (SSSR count). The Morgan fingerprint density at radius 2 is 1.90 bits per heavy atom. The Morgan fingerprint density at radius 3 is 2.62 bits per heavy atom. The maximum absolute atomic E-state index is 5.93. The van der Waals surface area contributed by atoms with E-state index in [0.717, 1.165) is 38.2 Å². The minimum Gasteiger partial charge on any atom is -0.371 e. The van der Waals surface area contributed by atoms with Gasteiger partial charge in [-0.1, -0.05) is 31.2 Å². The van der Waals surface area contributed by atoms with Crippen LogP contribution < -0.4 is 0 Å². The molecule has 4 heteroatoms. The number of ether oxygens (including phenoxy) is 1. The largest absolute Gasteiger partial charge is 0.371 e. The van der Waals surface area contributed by atoms with Crippen molar-refractivity contribution in [3.8, 4) is 0 Å². The quantitative estimate of drug-likeness (QED) is 0.864. The van der Waals surface area contributed by atoms with Crippen molar-refractivity contribution in [3.05, 3.63) is 59.7 Å². The number of hydrogen-bond acceptors (Lipinski definition) is 4. The average molecular weight is 283 g/mol. The van der Waals surface area contributed by atoms with Crippen molar-refractivity contribution in [3.63, 3.8) is 0 Å². The van der Waals surface area contributed by atoms with Crippen LogP contribution in [-0.2, 0) is 17.7 Å². The summed E-state index contributed by atoms with van der Waals surface area (Å²) in [6.45, 7) is 5.70. The summed E-state index contributed by atoms with van der Waals surface area (Å²) in [5.74, 6) is 0. The van der Waals surface area contributed by atoms with E-state index in [0.29, 0.717) is 0 Å². The van der Waals surface area contributed by atoms with E-state index < -0.39 is 0 Å². The number of aromatic nitrogens is 2. The van der Waals surface area contributed by atoms with Crippen LogP contribution in [0, 0.1) is 0 Å². The molecule has 1 saturated heterocycles. The molecule has 1 aliphatic heterocycles. The number of rotatable bonds is 4. The van der Waals surface area contributed by atoms with Gasteiger partial charge >= 0.3 is 0 Å². The normalized spacial score (nSPS) is 19.6. The lowest BCUT2D eigenvalue weighted by Gasteiger charge is -2.33. The third-order valence-corrected chi connectivity index (χ3v) is 3.93. The van der Waals surface area contributed by atoms with Gasteiger partial charge in [0.05, 0.1) is 12.7 Å². The number of hydrogen-bond donors (Lipinski definition) is 0. The van der Waals surface area contributed by atoms with Crippen molar-refractivity contribution >= 4 is 0 Å². The lowest BCUT2D eigenvalue weighted by molar-refractivity contribution is -0.0329. The molecule has 0 saturated carbocycles. The molecule has 1 aromatic heterocycles. The number of benzene rings is 1. The molecule has 110 valence electrons. The van der Waals surface area contributed by atoms with Gasteiger partial charge in [0, 0.05) is 37.6 Å². The summed E-state index contributed by atoms with van der Waals surface area (Å²) in [4.78, 5) is 10.6. The Hall–Kier alpha value is -1.78. The monoisotopic (exact) mass is 283 g/mol. The maximum Gasteiger partial charge on any atom is 0.115 e. The molecule has 1 fully saturated rings. The molecule has 2 aromatic rings. The van der Waals surface area contributed by atoms with Gasteiger partial charge < -0.3 is 4.74 Å². The predicted molar refractivity (Wildman–Crippen MR) is 81.8 cm³/mol. The van der Waals surface area contributed by atoms with Gasteiger partial charge in [0.25, 0.3) is 0 Å². The van der Waals surface area contributed by atoms with Gasteiger partial charge in [-0.05, 0) is 17.5 Å². The second-order valence-corrected chi connectivity index (χ2v) is 5.44. The standard InChI is InChI=1S/C17H21N3O/c1-2-14-3-5-16(6-4-14)17-12-20(7-8-21-17)11-15-9-18-13-19-10-15/h3-6,9-10,13,17H,2,7-8,11-12H2,1H3/t17-/m0/s1. The first-order valence-corrected chi connectivity index (χ1v) is 7.52. The Morgan fingerprint density at radius 1 is 1.14 bits per heavy atom. The predicted octanol–water partition coefficient (Wildman–Crippen LogP) is 2.61. The minimum absolute atomic E-state index is 0.161. The van der Waals surface area contributed by atoms with E-state index in [1.807, 2.05) is 12.4 Å². The molecular weight excluding hydrogens is 262 g/mol. The molecule has 1 aliphatic rings. The van der Waals surface area contributed by atoms with Gasteiger partial charge in [-0.2, -0.15) is 0 Å². The van der Waals surface area contributed by atoms with E-state index in [1.165, 1.54) is 11.1 Å². The minimum atomic E-state index is 0.161. The summed E-state index contributed by atoms with van der Waals surface area (Å²) in [5.41, 5.74) is 3.79. The first kappa shape index (κ1) is 14.2. The van der Waals surface area contributed by atoms with Gasteiger partial charge in [-0.25, -0.2) is 9.97 Å². The number of nitrogens with zero attached hydrogens (tertiary/aromatic N) is 3. The molecule has 0 aliphatic carbocycles. The van der Waals surface area contributed by atoms with Crippen molar-refractivity contribution in [1.82, 2.24) is 14.9 Å². The van der Waals surface area contributed by atoms with E-state index in [-0.39, 0.29) is 6.10 Å². The lowest BCUT2D eigenvalue weighted by Crippen LogP contribution is -2.37. The Labute approximate surface area is 125 Å². The molecule has 0 spiro atoms. The zero-order chi connectivity index (χ0) is 14.5. The van der Waals surface area contributed by atoms with Gasteiger partial charge in [-0.15, -0.1) is 0 Å². The van der Waals surface area contributed by atoms with Crippen molar-refractivity contribution in [2.24, 2.45) is 0 Å². The van der Waals surface area contributed by atoms with Crippen LogP contribution >= 0.6 is 0 Å². The van der Waals surface area contributed by atoms with Crippen LogP contribution in [0.15, 0.2) is 43.0 Å². The SMILES string of the molecule is CCc1ccc([C@@H]2CN(Cc3cncnc3)CCO2)cc1. The smallest absolute Gasteiger partial charge is 0.115 e. The van der Waals surface area contributed by atoms with Crippen molar-refractivity contribution in [2.75, 3.05) is 19.7 Å². The van der Waals surface area contributed by atoms with E-state index in [1.54, 1.807) is 6.33 Å². The summed E-state index contributed by atoms with van der Waals surface area (Å²) < 4.78 is 5.93. The molecule has 21 heavy (non-hydrogen) atoms. The van der Waals surface area contributed by atoms with Crippen LogP contribution in [0.2, 0.25) is 0 Å². The fraction of sp³-hybridized carbons (Fsp3) is 0.412. The first-order chi connectivity index (χ1) is 10.3. The highest BCUT2D eigenvalue weighted by Gasteiger charge is 2.22. The Kier molecular flexibility index (Phi) is 4.58. The highest BCUT2D eigenvalue weighted by atomic mass is 16.5. The molecule has 0 amide bonds. The van der Waals surface area contributed by atoms with Gasteiger partial charge in [-0.3, -0.25) is 4.90 Å². The van der Waals surface area contributed by atoms with E-state index >= 15 is 0 Å². The van der Waals surface area contributed by atoms with E-state index in [4.69, 9.17) is 4.74 Å². The molecule has 2 heterocycles. The second kappa shape index (κ2) is 6.78. The van der Waals surface area contributed by atoms with Gasteiger partial charge in [0.2, 0.25) is 0 Å². The van der Waals surface area contributed by atoms with Crippen LogP contribution in [0.4, 0.5) is 0 Å². The molecule has 1 aromatic carbocycles. The van der Waals surface area contributed by atoms with Crippen LogP contribution in [0.1, 0.15) is 29.7 Å². The fourth-order valence-corrected chi connectivity index (χ4v) is 2.69. The lowest BCUT2D eigenvalue weighted by atomic mass is 10.0. The third kappa shape index (κ3) is 3.65. The Balaban J connectivity index is 1.64. The van der Waals surface area contributed by atoms with E-state index in [9.17, 15) is 0 Å². The van der Waals surface area contributed by atoms with Crippen molar-refractivity contribution < 1.29 is 4.74 Å². The van der Waals surface area contributed by atoms with Crippen LogP contribution in [0.3, 0.4) is 0 Å². The molecule has 0 N–H and O–H groups in total. The molecule has 0 bridgehead atoms. The number of aryl methyl sites for hydroxylation is 1. The summed E-state index contributed by atoms with van der Waals surface area (Å²) in [7, 11) is 0. The molecular formula is C17H21N3O. The third-order valence-electron chi connectivity index (χ3n) is 3.93. The topological polar surface area (TPSA) is 38.2 Å². The van der Waals surface area contributed by atoms with Gasteiger partial charge in [0.1, 0.15) is 6.33 Å². The van der Waals surface area contributed by atoms with Crippen LogP contribution in [-0.4, -0.2) is 34.6 Å². The highest BCUT2D eigenvalue weighted by Crippen LogP contribution is 2.23. The summed E-state index contributed by atoms with van der Waals surface area (Å²) in [5, 5.41) is 0. The maximum atomic E-state index is 5.93. The summed E-state index contributed by atoms with van der Waals surface area (Å²) in [6.07, 6.45) is 6.57. The molecule has 0 unspecified atom stereocenters. The number of morpholine rings is 1. The highest BCUT2D eigenvalue weighted by molar-refractivity contribution is 5.24. The zero-order valence-corrected chi connectivity index (χ0v) is 12.4. The van der Waals surface area contributed by atoms with Crippen molar-refractivity contribution in [1.29, 1.82) is 0 Å². The second-order valence-electron chi connectivity index (χ2n) is 5.44. The fourth-order valence-electron chi connectivity index (χ4n) is 2.69. The van der Waals surface area contributed by atoms with E-state index in [2.05, 4.69) is 46.1 Å². The van der Waals surface area contributed by atoms with Crippen LogP contribution in [0.5, 0.6) is 0 Å². The molecule has 0 radical (unpaired) electrons. The average Bonchev–Trinajstić information content (AvgIpc) is 2.56. The molecule has 1 atom stereocenters. The Bertz CT molecular complexity index is 556. The van der Waals surface area contributed by atoms with Crippen LogP contribution in [0.25, 0.3) is 0 Å².